The number of rotatable bonds is 6. The molecule has 0 bridgehead atoms. The number of amides is 1. The molecule has 1 heterocycles. The van der Waals surface area contributed by atoms with Crippen LogP contribution in [-0.4, -0.2) is 14.3 Å². The van der Waals surface area contributed by atoms with Crippen LogP contribution in [0.1, 0.15) is 45.3 Å². The van der Waals surface area contributed by atoms with Crippen LogP contribution >= 0.6 is 11.3 Å². The van der Waals surface area contributed by atoms with Crippen LogP contribution in [-0.2, 0) is 29.4 Å². The molecule has 1 aliphatic rings. The molecule has 0 saturated carbocycles. The predicted octanol–water partition coefficient (Wildman–Crippen LogP) is 4.48. The van der Waals surface area contributed by atoms with E-state index in [9.17, 15) is 18.5 Å². The lowest BCUT2D eigenvalue weighted by atomic mass is 9.88. The Morgan fingerprint density at radius 3 is 2.72 bits per heavy atom. The van der Waals surface area contributed by atoms with Crippen LogP contribution in [0, 0.1) is 17.2 Å². The number of hydrogen-bond acceptors (Lipinski definition) is 5. The van der Waals surface area contributed by atoms with Gasteiger partial charge in [0.15, 0.2) is 0 Å². The number of nitriles is 1. The maximum Gasteiger partial charge on any atom is 0.256 e. The standard InChI is InChI=1S/C24H23N3O3S2/c1-16-10-11-20-21(14-25)24(31-22(20)12-16)27-23(28)18-8-5-9-19(13-18)32(29,30)26-15-17-6-3-2-4-7-17/h2-9,13,16,26H,10-12,15H2,1H3,(H,27,28)/t16-/m0/s1. The molecule has 0 saturated heterocycles. The minimum Gasteiger partial charge on any atom is -0.312 e. The van der Waals surface area contributed by atoms with E-state index in [1.54, 1.807) is 12.1 Å². The molecule has 2 aromatic carbocycles. The number of benzene rings is 2. The van der Waals surface area contributed by atoms with E-state index in [0.29, 0.717) is 16.5 Å². The van der Waals surface area contributed by atoms with E-state index < -0.39 is 15.9 Å². The van der Waals surface area contributed by atoms with Crippen LogP contribution in [0.25, 0.3) is 0 Å². The number of anilines is 1. The van der Waals surface area contributed by atoms with Crippen molar-refractivity contribution in [3.05, 3.63) is 81.7 Å². The number of fused-ring (bicyclic) bond motifs is 1. The summed E-state index contributed by atoms with van der Waals surface area (Å²) in [7, 11) is -3.79. The van der Waals surface area contributed by atoms with Gasteiger partial charge in [-0.15, -0.1) is 11.3 Å². The van der Waals surface area contributed by atoms with Gasteiger partial charge in [0, 0.05) is 17.0 Å². The summed E-state index contributed by atoms with van der Waals surface area (Å²) in [6.07, 6.45) is 2.78. The van der Waals surface area contributed by atoms with Crippen molar-refractivity contribution in [1.29, 1.82) is 5.26 Å². The lowest BCUT2D eigenvalue weighted by molar-refractivity contribution is 0.102. The average Bonchev–Trinajstić information content (AvgIpc) is 3.14. The van der Waals surface area contributed by atoms with Crippen molar-refractivity contribution in [2.24, 2.45) is 5.92 Å². The molecule has 6 nitrogen and oxygen atoms in total. The molecule has 3 aromatic rings. The van der Waals surface area contributed by atoms with E-state index in [1.165, 1.54) is 23.5 Å². The number of nitrogens with one attached hydrogen (secondary N) is 2. The lowest BCUT2D eigenvalue weighted by Gasteiger charge is -2.17. The van der Waals surface area contributed by atoms with Crippen LogP contribution in [0.4, 0.5) is 5.00 Å². The first kappa shape index (κ1) is 22.2. The Kier molecular flexibility index (Phi) is 6.42. The van der Waals surface area contributed by atoms with Gasteiger partial charge in [-0.25, -0.2) is 13.1 Å². The number of carbonyl (C=O) groups is 1. The van der Waals surface area contributed by atoms with Gasteiger partial charge in [-0.05, 0) is 54.5 Å². The highest BCUT2D eigenvalue weighted by molar-refractivity contribution is 7.89. The Bertz CT molecular complexity index is 1290. The van der Waals surface area contributed by atoms with Gasteiger partial charge in [0.2, 0.25) is 10.0 Å². The fraction of sp³-hybridized carbons (Fsp3) is 0.250. The molecule has 2 N–H and O–H groups in total. The maximum atomic E-state index is 12.9. The first-order chi connectivity index (χ1) is 15.4. The molecule has 1 atom stereocenters. The fourth-order valence-corrected chi connectivity index (χ4v) is 6.21. The minimum absolute atomic E-state index is 0.0147. The van der Waals surface area contributed by atoms with Crippen molar-refractivity contribution >= 4 is 32.3 Å². The topological polar surface area (TPSA) is 99.1 Å². The highest BCUT2D eigenvalue weighted by Crippen LogP contribution is 2.39. The SMILES string of the molecule is C[C@H]1CCc2c(sc(NC(=O)c3cccc(S(=O)(=O)NCc4ccccc4)c3)c2C#N)C1. The zero-order valence-corrected chi connectivity index (χ0v) is 19.2. The Labute approximate surface area is 192 Å². The van der Waals surface area contributed by atoms with E-state index >= 15 is 0 Å². The number of sulfonamides is 1. The third kappa shape index (κ3) is 4.75. The van der Waals surface area contributed by atoms with Crippen molar-refractivity contribution in [1.82, 2.24) is 4.72 Å². The second-order valence-corrected chi connectivity index (χ2v) is 10.8. The molecule has 164 valence electrons. The van der Waals surface area contributed by atoms with Gasteiger partial charge >= 0.3 is 0 Å². The Hall–Kier alpha value is -2.99. The summed E-state index contributed by atoms with van der Waals surface area (Å²) in [5, 5.41) is 13.0. The molecule has 0 unspecified atom stereocenters. The van der Waals surface area contributed by atoms with Gasteiger partial charge in [0.05, 0.1) is 10.5 Å². The minimum atomic E-state index is -3.79. The first-order valence-corrected chi connectivity index (χ1v) is 12.7. The third-order valence-electron chi connectivity index (χ3n) is 5.57. The normalized spacial score (nSPS) is 15.6. The molecule has 0 radical (unpaired) electrons. The monoisotopic (exact) mass is 465 g/mol. The highest BCUT2D eigenvalue weighted by atomic mass is 32.2. The van der Waals surface area contributed by atoms with Crippen LogP contribution in [0.2, 0.25) is 0 Å². The zero-order valence-electron chi connectivity index (χ0n) is 17.6. The van der Waals surface area contributed by atoms with E-state index in [0.717, 1.165) is 35.3 Å². The van der Waals surface area contributed by atoms with Gasteiger partial charge in [-0.2, -0.15) is 5.26 Å². The van der Waals surface area contributed by atoms with E-state index in [4.69, 9.17) is 0 Å². The quantitative estimate of drug-likeness (QED) is 0.561. The molecular formula is C24H23N3O3S2. The van der Waals surface area contributed by atoms with E-state index in [-0.39, 0.29) is 17.0 Å². The molecule has 4 rings (SSSR count). The van der Waals surface area contributed by atoms with E-state index in [1.807, 2.05) is 30.3 Å². The maximum absolute atomic E-state index is 12.9. The van der Waals surface area contributed by atoms with Crippen LogP contribution < -0.4 is 10.0 Å². The summed E-state index contributed by atoms with van der Waals surface area (Å²) in [6.45, 7) is 2.34. The average molecular weight is 466 g/mol. The first-order valence-electron chi connectivity index (χ1n) is 10.4. The summed E-state index contributed by atoms with van der Waals surface area (Å²) in [6, 6.07) is 17.4. The molecule has 8 heteroatoms. The third-order valence-corrected chi connectivity index (χ3v) is 8.13. The molecule has 1 aromatic heterocycles. The molecule has 0 fully saturated rings. The number of carbonyl (C=O) groups excluding carboxylic acids is 1. The molecule has 0 aliphatic heterocycles. The Morgan fingerprint density at radius 1 is 1.19 bits per heavy atom. The smallest absolute Gasteiger partial charge is 0.256 e. The van der Waals surface area contributed by atoms with Crippen molar-refractivity contribution < 1.29 is 13.2 Å². The Morgan fingerprint density at radius 2 is 1.97 bits per heavy atom. The second-order valence-electron chi connectivity index (χ2n) is 7.96. The predicted molar refractivity (Wildman–Crippen MR) is 125 cm³/mol. The highest BCUT2D eigenvalue weighted by Gasteiger charge is 2.25. The largest absolute Gasteiger partial charge is 0.312 e. The van der Waals surface area contributed by atoms with Crippen molar-refractivity contribution in [3.8, 4) is 6.07 Å². The molecule has 32 heavy (non-hydrogen) atoms. The fourth-order valence-electron chi connectivity index (χ4n) is 3.79. The number of hydrogen-bond donors (Lipinski definition) is 2. The molecular weight excluding hydrogens is 442 g/mol. The van der Waals surface area contributed by atoms with Crippen LogP contribution in [0.3, 0.4) is 0 Å². The molecule has 1 amide bonds. The number of nitrogens with zero attached hydrogens (tertiary/aromatic N) is 1. The number of thiophene rings is 1. The van der Waals surface area contributed by atoms with E-state index in [2.05, 4.69) is 23.0 Å². The molecule has 0 spiro atoms. The van der Waals surface area contributed by atoms with Gasteiger partial charge in [-0.3, -0.25) is 4.79 Å². The summed E-state index contributed by atoms with van der Waals surface area (Å²) in [4.78, 5) is 14.1. The Balaban J connectivity index is 1.52. The summed E-state index contributed by atoms with van der Waals surface area (Å²) >= 11 is 1.44. The molecule has 1 aliphatic carbocycles. The van der Waals surface area contributed by atoms with Crippen molar-refractivity contribution in [3.63, 3.8) is 0 Å². The van der Waals surface area contributed by atoms with Crippen molar-refractivity contribution in [2.45, 2.75) is 37.6 Å². The zero-order chi connectivity index (χ0) is 22.7. The van der Waals surface area contributed by atoms with Crippen LogP contribution in [0.5, 0.6) is 0 Å². The summed E-state index contributed by atoms with van der Waals surface area (Å²) in [5.41, 5.74) is 2.62. The van der Waals surface area contributed by atoms with Crippen molar-refractivity contribution in [2.75, 3.05) is 5.32 Å². The van der Waals surface area contributed by atoms with Crippen LogP contribution in [0.15, 0.2) is 59.5 Å². The van der Waals surface area contributed by atoms with Gasteiger partial charge in [0.1, 0.15) is 11.1 Å². The second kappa shape index (κ2) is 9.25. The summed E-state index contributed by atoms with van der Waals surface area (Å²) in [5.74, 6) is 0.120. The van der Waals surface area contributed by atoms with Gasteiger partial charge in [0.25, 0.3) is 5.91 Å². The summed E-state index contributed by atoms with van der Waals surface area (Å²) < 4.78 is 28.0. The van der Waals surface area contributed by atoms with Gasteiger partial charge in [-0.1, -0.05) is 43.3 Å². The van der Waals surface area contributed by atoms with Gasteiger partial charge < -0.3 is 5.32 Å². The lowest BCUT2D eigenvalue weighted by Crippen LogP contribution is -2.23.